The lowest BCUT2D eigenvalue weighted by atomic mass is 10.3. The number of ether oxygens (including phenoxy) is 1. The number of halogens is 4. The Morgan fingerprint density at radius 3 is 2.70 bits per heavy atom. The molecule has 2 rings (SSSR count). The molecule has 2 aromatic heterocycles. The van der Waals surface area contributed by atoms with Crippen molar-refractivity contribution in [1.29, 1.82) is 0 Å². The second-order valence-electron chi connectivity index (χ2n) is 3.65. The second-order valence-corrected chi connectivity index (χ2v) is 4.05. The van der Waals surface area contributed by atoms with Gasteiger partial charge in [0, 0.05) is 6.20 Å². The zero-order valence-corrected chi connectivity index (χ0v) is 10.7. The van der Waals surface area contributed by atoms with Crippen LogP contribution in [0.25, 0.3) is 5.82 Å². The van der Waals surface area contributed by atoms with Gasteiger partial charge in [-0.05, 0) is 12.1 Å². The predicted octanol–water partition coefficient (Wildman–Crippen LogP) is 2.73. The van der Waals surface area contributed by atoms with Gasteiger partial charge in [-0.1, -0.05) is 11.6 Å². The molecule has 0 aliphatic carbocycles. The van der Waals surface area contributed by atoms with E-state index in [1.54, 1.807) is 0 Å². The number of alkyl halides is 3. The SMILES string of the molecule is COC(=O)c1ccnn1-c1ncc(C(F)(F)F)cc1Cl. The van der Waals surface area contributed by atoms with E-state index >= 15 is 0 Å². The summed E-state index contributed by atoms with van der Waals surface area (Å²) in [6.07, 6.45) is -2.66. The van der Waals surface area contributed by atoms with Crippen LogP contribution in [0.3, 0.4) is 0 Å². The molecule has 0 amide bonds. The summed E-state index contributed by atoms with van der Waals surface area (Å²) in [5.74, 6) is -0.801. The van der Waals surface area contributed by atoms with Crippen molar-refractivity contribution in [3.63, 3.8) is 0 Å². The van der Waals surface area contributed by atoms with E-state index in [4.69, 9.17) is 11.6 Å². The number of carbonyl (C=O) groups is 1. The van der Waals surface area contributed by atoms with Gasteiger partial charge in [-0.2, -0.15) is 18.3 Å². The van der Waals surface area contributed by atoms with Crippen LogP contribution >= 0.6 is 11.6 Å². The van der Waals surface area contributed by atoms with Gasteiger partial charge in [-0.15, -0.1) is 0 Å². The van der Waals surface area contributed by atoms with Crippen LogP contribution in [0.1, 0.15) is 16.1 Å². The molecule has 0 atom stereocenters. The Hall–Kier alpha value is -2.09. The van der Waals surface area contributed by atoms with Gasteiger partial charge in [0.1, 0.15) is 0 Å². The van der Waals surface area contributed by atoms with Crippen molar-refractivity contribution in [2.24, 2.45) is 0 Å². The maximum atomic E-state index is 12.5. The summed E-state index contributed by atoms with van der Waals surface area (Å²) in [5.41, 5.74) is -0.986. The predicted molar refractivity (Wildman–Crippen MR) is 62.7 cm³/mol. The highest BCUT2D eigenvalue weighted by molar-refractivity contribution is 6.32. The molecule has 0 saturated carbocycles. The summed E-state index contributed by atoms with van der Waals surface area (Å²) in [4.78, 5) is 15.1. The lowest BCUT2D eigenvalue weighted by Crippen LogP contribution is -2.13. The highest BCUT2D eigenvalue weighted by Crippen LogP contribution is 2.32. The molecule has 0 aromatic carbocycles. The standard InChI is InChI=1S/C11H7ClF3N3O2/c1-20-10(19)8-2-3-17-18(8)9-7(12)4-6(5-16-9)11(13,14)15/h2-5H,1H3. The molecule has 106 valence electrons. The number of hydrogen-bond acceptors (Lipinski definition) is 4. The molecule has 0 N–H and O–H groups in total. The van der Waals surface area contributed by atoms with Crippen molar-refractivity contribution in [3.8, 4) is 5.82 Å². The number of pyridine rings is 1. The number of methoxy groups -OCH3 is 1. The van der Waals surface area contributed by atoms with Crippen molar-refractivity contribution in [2.75, 3.05) is 7.11 Å². The van der Waals surface area contributed by atoms with Crippen molar-refractivity contribution in [3.05, 3.63) is 40.8 Å². The second kappa shape index (κ2) is 5.12. The maximum Gasteiger partial charge on any atom is 0.417 e. The molecule has 0 radical (unpaired) electrons. The van der Waals surface area contributed by atoms with Gasteiger partial charge in [0.2, 0.25) is 0 Å². The fourth-order valence-electron chi connectivity index (χ4n) is 1.47. The number of esters is 1. The summed E-state index contributed by atoms with van der Waals surface area (Å²) >= 11 is 5.77. The van der Waals surface area contributed by atoms with Crippen LogP contribution in [-0.4, -0.2) is 27.8 Å². The molecule has 2 heterocycles. The molecular weight excluding hydrogens is 299 g/mol. The molecule has 2 aromatic rings. The molecule has 5 nitrogen and oxygen atoms in total. The van der Waals surface area contributed by atoms with E-state index in [2.05, 4.69) is 14.8 Å². The first-order valence-corrected chi connectivity index (χ1v) is 5.58. The molecule has 0 spiro atoms. The number of rotatable bonds is 2. The van der Waals surface area contributed by atoms with Crippen LogP contribution in [0.2, 0.25) is 5.02 Å². The van der Waals surface area contributed by atoms with Gasteiger partial charge < -0.3 is 4.74 Å². The largest absolute Gasteiger partial charge is 0.464 e. The first-order chi connectivity index (χ1) is 9.34. The summed E-state index contributed by atoms with van der Waals surface area (Å²) in [7, 11) is 1.17. The molecule has 0 unspecified atom stereocenters. The average molecular weight is 306 g/mol. The monoisotopic (exact) mass is 305 g/mol. The normalized spacial score (nSPS) is 11.4. The third-order valence-corrected chi connectivity index (χ3v) is 2.67. The van der Waals surface area contributed by atoms with Crippen molar-refractivity contribution in [1.82, 2.24) is 14.8 Å². The van der Waals surface area contributed by atoms with Crippen LogP contribution < -0.4 is 0 Å². The number of aromatic nitrogens is 3. The van der Waals surface area contributed by atoms with E-state index in [9.17, 15) is 18.0 Å². The minimum Gasteiger partial charge on any atom is -0.464 e. The fraction of sp³-hybridized carbons (Fsp3) is 0.182. The van der Waals surface area contributed by atoms with Gasteiger partial charge in [0.25, 0.3) is 0 Å². The Morgan fingerprint density at radius 1 is 1.45 bits per heavy atom. The smallest absolute Gasteiger partial charge is 0.417 e. The molecule has 0 fully saturated rings. The number of nitrogens with zero attached hydrogens (tertiary/aromatic N) is 3. The van der Waals surface area contributed by atoms with E-state index in [1.807, 2.05) is 0 Å². The minimum absolute atomic E-state index is 0.00154. The average Bonchev–Trinajstić information content (AvgIpc) is 2.85. The van der Waals surface area contributed by atoms with Crippen molar-refractivity contribution < 1.29 is 22.7 Å². The summed E-state index contributed by atoms with van der Waals surface area (Å²) in [6, 6.07) is 2.05. The van der Waals surface area contributed by atoms with Gasteiger partial charge >= 0.3 is 12.1 Å². The molecule has 0 saturated heterocycles. The highest BCUT2D eigenvalue weighted by atomic mass is 35.5. The molecule has 0 aliphatic heterocycles. The highest BCUT2D eigenvalue weighted by Gasteiger charge is 2.32. The Balaban J connectivity index is 2.50. The topological polar surface area (TPSA) is 57.0 Å². The van der Waals surface area contributed by atoms with Gasteiger partial charge in [0.15, 0.2) is 11.5 Å². The number of carbonyl (C=O) groups excluding carboxylic acids is 1. The Kier molecular flexibility index (Phi) is 3.67. The van der Waals surface area contributed by atoms with Crippen LogP contribution in [0.4, 0.5) is 13.2 Å². The van der Waals surface area contributed by atoms with Gasteiger partial charge in [-0.25, -0.2) is 14.5 Å². The van der Waals surface area contributed by atoms with Crippen molar-refractivity contribution in [2.45, 2.75) is 6.18 Å². The minimum atomic E-state index is -4.55. The summed E-state index contributed by atoms with van der Waals surface area (Å²) in [6.45, 7) is 0. The quantitative estimate of drug-likeness (QED) is 0.801. The van der Waals surface area contributed by atoms with E-state index < -0.39 is 17.7 Å². The molecule has 0 aliphatic rings. The first kappa shape index (κ1) is 14.3. The van der Waals surface area contributed by atoms with Crippen molar-refractivity contribution >= 4 is 17.6 Å². The first-order valence-electron chi connectivity index (χ1n) is 5.20. The fourth-order valence-corrected chi connectivity index (χ4v) is 1.72. The molecular formula is C11H7ClF3N3O2. The lowest BCUT2D eigenvalue weighted by molar-refractivity contribution is -0.137. The van der Waals surface area contributed by atoms with Crippen LogP contribution in [-0.2, 0) is 10.9 Å². The third-order valence-electron chi connectivity index (χ3n) is 2.39. The number of hydrogen-bond donors (Lipinski definition) is 0. The maximum absolute atomic E-state index is 12.5. The lowest BCUT2D eigenvalue weighted by Gasteiger charge is -2.10. The van der Waals surface area contributed by atoms with Crippen LogP contribution in [0, 0.1) is 0 Å². The van der Waals surface area contributed by atoms with Crippen LogP contribution in [0.5, 0.6) is 0 Å². The van der Waals surface area contributed by atoms with E-state index in [1.165, 1.54) is 19.4 Å². The van der Waals surface area contributed by atoms with Gasteiger partial charge in [-0.3, -0.25) is 0 Å². The van der Waals surface area contributed by atoms with Gasteiger partial charge in [0.05, 0.1) is 23.9 Å². The van der Waals surface area contributed by atoms with Crippen LogP contribution in [0.15, 0.2) is 24.5 Å². The Bertz CT molecular complexity index is 655. The Labute approximate surface area is 115 Å². The molecule has 20 heavy (non-hydrogen) atoms. The Morgan fingerprint density at radius 2 is 2.15 bits per heavy atom. The van der Waals surface area contributed by atoms with E-state index in [0.29, 0.717) is 12.3 Å². The third kappa shape index (κ3) is 2.60. The van der Waals surface area contributed by atoms with E-state index in [0.717, 1.165) is 4.68 Å². The summed E-state index contributed by atoms with van der Waals surface area (Å²) in [5, 5.41) is 3.51. The molecule has 0 bridgehead atoms. The zero-order chi connectivity index (χ0) is 14.9. The van der Waals surface area contributed by atoms with E-state index in [-0.39, 0.29) is 16.5 Å². The summed E-state index contributed by atoms with van der Waals surface area (Å²) < 4.78 is 43.1. The molecule has 9 heteroatoms. The zero-order valence-electron chi connectivity index (χ0n) is 9.98.